The molecule has 0 unspecified atom stereocenters. The molecule has 0 atom stereocenters. The van der Waals surface area contributed by atoms with Gasteiger partial charge in [-0.25, -0.2) is 17.9 Å². The van der Waals surface area contributed by atoms with Crippen molar-refractivity contribution in [3.8, 4) is 11.3 Å². The second-order valence-corrected chi connectivity index (χ2v) is 8.13. The largest absolute Gasteiger partial charge is 0.338 e. The Morgan fingerprint density at radius 2 is 1.62 bits per heavy atom. The van der Waals surface area contributed by atoms with Crippen LogP contribution >= 0.6 is 0 Å². The highest BCUT2D eigenvalue weighted by molar-refractivity contribution is 7.89. The lowest BCUT2D eigenvalue weighted by Crippen LogP contribution is -2.13. The van der Waals surface area contributed by atoms with Crippen LogP contribution in [-0.4, -0.2) is 18.6 Å². The summed E-state index contributed by atoms with van der Waals surface area (Å²) in [6, 6.07) is 18.4. The first-order valence-electron chi connectivity index (χ1n) is 8.75. The van der Waals surface area contributed by atoms with Crippen LogP contribution in [0.25, 0.3) is 22.0 Å². The van der Waals surface area contributed by atoms with E-state index in [0.29, 0.717) is 28.3 Å². The van der Waals surface area contributed by atoms with Gasteiger partial charge in [-0.3, -0.25) is 0 Å². The first-order chi connectivity index (χ1) is 13.8. The number of sulfonamides is 1. The zero-order valence-electron chi connectivity index (χ0n) is 15.4. The van der Waals surface area contributed by atoms with Gasteiger partial charge in [-0.05, 0) is 42.8 Å². The molecule has 1 aromatic heterocycles. The van der Waals surface area contributed by atoms with E-state index in [1.54, 1.807) is 31.2 Å². The Bertz CT molecular complexity index is 1320. The third-order valence-electron chi connectivity index (χ3n) is 4.56. The smallest absolute Gasteiger partial charge is 0.238 e. The van der Waals surface area contributed by atoms with Crippen molar-refractivity contribution in [1.82, 2.24) is 10.2 Å². The Balaban J connectivity index is 1.85. The Morgan fingerprint density at radius 3 is 2.31 bits per heavy atom. The van der Waals surface area contributed by atoms with Crippen molar-refractivity contribution in [2.24, 2.45) is 5.14 Å². The topological polar surface area (TPSA) is 98.0 Å². The van der Waals surface area contributed by atoms with E-state index >= 15 is 0 Å². The zero-order valence-corrected chi connectivity index (χ0v) is 16.2. The molecule has 8 heteroatoms. The minimum Gasteiger partial charge on any atom is -0.338 e. The van der Waals surface area contributed by atoms with Gasteiger partial charge in [-0.2, -0.15) is 0 Å². The number of aryl methyl sites for hydroxylation is 1. The summed E-state index contributed by atoms with van der Waals surface area (Å²) in [7, 11) is -3.86. The number of aromatic nitrogens is 2. The number of fused-ring (bicyclic) bond motifs is 1. The number of rotatable bonds is 4. The van der Waals surface area contributed by atoms with E-state index in [1.807, 2.05) is 24.3 Å². The summed E-state index contributed by atoms with van der Waals surface area (Å²) in [5, 5.41) is 18.7. The molecule has 0 spiro atoms. The second-order valence-electron chi connectivity index (χ2n) is 6.60. The molecule has 0 saturated carbocycles. The van der Waals surface area contributed by atoms with E-state index in [-0.39, 0.29) is 10.7 Å². The van der Waals surface area contributed by atoms with Crippen molar-refractivity contribution in [1.29, 1.82) is 0 Å². The van der Waals surface area contributed by atoms with Gasteiger partial charge >= 0.3 is 0 Å². The van der Waals surface area contributed by atoms with Crippen LogP contribution in [0.1, 0.15) is 5.56 Å². The average molecular weight is 408 g/mol. The molecule has 3 N–H and O–H groups in total. The summed E-state index contributed by atoms with van der Waals surface area (Å²) in [6.45, 7) is 1.68. The van der Waals surface area contributed by atoms with Gasteiger partial charge in [0, 0.05) is 22.0 Å². The molecule has 0 bridgehead atoms. The number of hydrogen-bond donors (Lipinski definition) is 2. The number of hydrogen-bond acceptors (Lipinski definition) is 5. The lowest BCUT2D eigenvalue weighted by atomic mass is 10.0. The standard InChI is InChI=1S/C21H17FN4O2S/c1-13-6-7-14(12-19(13)29(23,27)28)20-17-4-2-3-5-18(17)21(26-25-20)24-16-10-8-15(22)9-11-16/h2-12H,1H3,(H,24,26)(H2,23,27,28). The van der Waals surface area contributed by atoms with Gasteiger partial charge in [0.25, 0.3) is 0 Å². The number of primary sulfonamides is 1. The van der Waals surface area contributed by atoms with Gasteiger partial charge in [-0.1, -0.05) is 36.4 Å². The molecule has 4 rings (SSSR count). The van der Waals surface area contributed by atoms with Crippen LogP contribution in [0.5, 0.6) is 0 Å². The summed E-state index contributed by atoms with van der Waals surface area (Å²) >= 11 is 0. The Morgan fingerprint density at radius 1 is 0.931 bits per heavy atom. The van der Waals surface area contributed by atoms with Crippen molar-refractivity contribution in [2.75, 3.05) is 5.32 Å². The van der Waals surface area contributed by atoms with Crippen molar-refractivity contribution in [3.05, 3.63) is 78.1 Å². The fraction of sp³-hybridized carbons (Fsp3) is 0.0476. The molecule has 4 aromatic rings. The predicted octanol–water partition coefficient (Wildman–Crippen LogP) is 4.14. The van der Waals surface area contributed by atoms with E-state index < -0.39 is 10.0 Å². The number of nitrogens with zero attached hydrogens (tertiary/aromatic N) is 2. The van der Waals surface area contributed by atoms with Crippen LogP contribution in [0.3, 0.4) is 0 Å². The van der Waals surface area contributed by atoms with Crippen LogP contribution < -0.4 is 10.5 Å². The molecular weight excluding hydrogens is 391 g/mol. The van der Waals surface area contributed by atoms with Gasteiger partial charge in [-0.15, -0.1) is 10.2 Å². The van der Waals surface area contributed by atoms with Crippen LogP contribution in [0.4, 0.5) is 15.9 Å². The summed E-state index contributed by atoms with van der Waals surface area (Å²) in [6.07, 6.45) is 0. The number of anilines is 2. The van der Waals surface area contributed by atoms with E-state index in [9.17, 15) is 12.8 Å². The third-order valence-corrected chi connectivity index (χ3v) is 5.62. The van der Waals surface area contributed by atoms with Crippen LogP contribution in [-0.2, 0) is 10.0 Å². The molecule has 0 amide bonds. The highest BCUT2D eigenvalue weighted by Crippen LogP contribution is 2.32. The molecule has 0 saturated heterocycles. The summed E-state index contributed by atoms with van der Waals surface area (Å²) in [4.78, 5) is 0.0504. The zero-order chi connectivity index (χ0) is 20.6. The van der Waals surface area contributed by atoms with Crippen LogP contribution in [0.15, 0.2) is 71.6 Å². The first-order valence-corrected chi connectivity index (χ1v) is 10.3. The Labute approximate surface area is 167 Å². The van der Waals surface area contributed by atoms with Crippen molar-refractivity contribution in [3.63, 3.8) is 0 Å². The highest BCUT2D eigenvalue weighted by atomic mass is 32.2. The van der Waals surface area contributed by atoms with Crippen molar-refractivity contribution < 1.29 is 12.8 Å². The lowest BCUT2D eigenvalue weighted by Gasteiger charge is -2.12. The van der Waals surface area contributed by atoms with E-state index in [0.717, 1.165) is 10.8 Å². The average Bonchev–Trinajstić information content (AvgIpc) is 2.70. The summed E-state index contributed by atoms with van der Waals surface area (Å²) < 4.78 is 36.9. The number of halogens is 1. The third kappa shape index (κ3) is 3.80. The Kier molecular flexibility index (Phi) is 4.73. The molecule has 0 radical (unpaired) electrons. The predicted molar refractivity (Wildman–Crippen MR) is 111 cm³/mol. The van der Waals surface area contributed by atoms with Gasteiger partial charge in [0.1, 0.15) is 11.5 Å². The van der Waals surface area contributed by atoms with E-state index in [4.69, 9.17) is 5.14 Å². The Hall–Kier alpha value is -3.36. The molecule has 29 heavy (non-hydrogen) atoms. The first kappa shape index (κ1) is 19.0. The van der Waals surface area contributed by atoms with Crippen LogP contribution in [0, 0.1) is 12.7 Å². The monoisotopic (exact) mass is 408 g/mol. The highest BCUT2D eigenvalue weighted by Gasteiger charge is 2.16. The second kappa shape index (κ2) is 7.23. The lowest BCUT2D eigenvalue weighted by molar-refractivity contribution is 0.597. The fourth-order valence-corrected chi connectivity index (χ4v) is 3.94. The minimum absolute atomic E-state index is 0.0504. The number of benzene rings is 3. The fourth-order valence-electron chi connectivity index (χ4n) is 3.13. The molecule has 1 heterocycles. The van der Waals surface area contributed by atoms with Crippen LogP contribution in [0.2, 0.25) is 0 Å². The normalized spacial score (nSPS) is 11.6. The molecule has 0 aliphatic rings. The van der Waals surface area contributed by atoms with Gasteiger partial charge in [0.15, 0.2) is 5.82 Å². The number of nitrogens with two attached hydrogens (primary N) is 1. The maximum atomic E-state index is 13.2. The number of nitrogens with one attached hydrogen (secondary N) is 1. The quantitative estimate of drug-likeness (QED) is 0.529. The van der Waals surface area contributed by atoms with Gasteiger partial charge < -0.3 is 5.32 Å². The van der Waals surface area contributed by atoms with E-state index in [1.165, 1.54) is 18.2 Å². The van der Waals surface area contributed by atoms with Gasteiger partial charge in [0.05, 0.1) is 4.90 Å². The van der Waals surface area contributed by atoms with Crippen molar-refractivity contribution in [2.45, 2.75) is 11.8 Å². The van der Waals surface area contributed by atoms with Crippen molar-refractivity contribution >= 4 is 32.3 Å². The molecule has 6 nitrogen and oxygen atoms in total. The summed E-state index contributed by atoms with van der Waals surface area (Å²) in [5.41, 5.74) is 2.36. The maximum absolute atomic E-state index is 13.2. The van der Waals surface area contributed by atoms with Gasteiger partial charge in [0.2, 0.25) is 10.0 Å². The molecule has 3 aromatic carbocycles. The van der Waals surface area contributed by atoms with E-state index in [2.05, 4.69) is 15.5 Å². The maximum Gasteiger partial charge on any atom is 0.238 e. The molecule has 0 aliphatic carbocycles. The molecule has 0 fully saturated rings. The SMILES string of the molecule is Cc1ccc(-c2nnc(Nc3ccc(F)cc3)c3ccccc23)cc1S(N)(=O)=O. The molecule has 146 valence electrons. The summed E-state index contributed by atoms with van der Waals surface area (Å²) in [5.74, 6) is 0.182. The molecular formula is C21H17FN4O2S. The minimum atomic E-state index is -3.86. The molecule has 0 aliphatic heterocycles.